The number of nitrogens with one attached hydrogen (secondary N) is 2. The van der Waals surface area contributed by atoms with Crippen LogP contribution >= 0.6 is 15.9 Å². The average molecular weight is 404 g/mol. The van der Waals surface area contributed by atoms with Crippen molar-refractivity contribution in [2.45, 2.75) is 6.10 Å². The second-order valence-electron chi connectivity index (χ2n) is 5.45. The highest BCUT2D eigenvalue weighted by Crippen LogP contribution is 2.20. The monoisotopic (exact) mass is 403 g/mol. The Morgan fingerprint density at radius 3 is 2.72 bits per heavy atom. The van der Waals surface area contributed by atoms with E-state index in [4.69, 9.17) is 0 Å². The first-order chi connectivity index (χ1) is 12.0. The van der Waals surface area contributed by atoms with Crippen molar-refractivity contribution in [3.63, 3.8) is 0 Å². The predicted molar refractivity (Wildman–Crippen MR) is 95.4 cm³/mol. The fourth-order valence-electron chi connectivity index (χ4n) is 2.32. The van der Waals surface area contributed by atoms with Crippen LogP contribution in [0.1, 0.15) is 22.2 Å². The molecular weight excluding hydrogens is 389 g/mol. The number of nitrogens with zero attached hydrogens (tertiary/aromatic N) is 1. The molecule has 3 aromatic rings. The van der Waals surface area contributed by atoms with Crippen LogP contribution in [0, 0.1) is 5.82 Å². The number of aliphatic hydroxyl groups excluding tert-OH is 1. The van der Waals surface area contributed by atoms with Crippen LogP contribution < -0.4 is 5.32 Å². The third kappa shape index (κ3) is 4.32. The number of halogens is 2. The van der Waals surface area contributed by atoms with Crippen molar-refractivity contribution in [2.24, 2.45) is 0 Å². The molecule has 0 fully saturated rings. The van der Waals surface area contributed by atoms with E-state index in [0.717, 1.165) is 10.0 Å². The number of rotatable bonds is 5. The summed E-state index contributed by atoms with van der Waals surface area (Å²) in [4.78, 5) is 12.2. The molecule has 1 heterocycles. The van der Waals surface area contributed by atoms with Gasteiger partial charge in [-0.05, 0) is 35.9 Å². The van der Waals surface area contributed by atoms with Gasteiger partial charge in [0, 0.05) is 16.6 Å². The molecule has 128 valence electrons. The van der Waals surface area contributed by atoms with Crippen LogP contribution in [0.25, 0.3) is 11.3 Å². The molecule has 0 aliphatic carbocycles. The molecule has 3 rings (SSSR count). The highest BCUT2D eigenvalue weighted by Gasteiger charge is 2.14. The summed E-state index contributed by atoms with van der Waals surface area (Å²) in [6.45, 7) is -0.0328. The standard InChI is InChI=1S/C18H15BrFN3O2/c19-13-6-4-11(5-7-13)15-9-16(23-22-15)18(25)21-10-17(24)12-2-1-3-14(20)8-12/h1-9,17,24H,10H2,(H,21,25)(H,22,23). The summed E-state index contributed by atoms with van der Waals surface area (Å²) in [6.07, 6.45) is -0.992. The highest BCUT2D eigenvalue weighted by molar-refractivity contribution is 9.10. The Bertz CT molecular complexity index is 880. The molecule has 1 unspecified atom stereocenters. The van der Waals surface area contributed by atoms with Gasteiger partial charge < -0.3 is 10.4 Å². The van der Waals surface area contributed by atoms with Crippen LogP contribution in [0.3, 0.4) is 0 Å². The summed E-state index contributed by atoms with van der Waals surface area (Å²) >= 11 is 3.36. The minimum absolute atomic E-state index is 0.0328. The lowest BCUT2D eigenvalue weighted by Gasteiger charge is -2.11. The molecule has 0 aliphatic rings. The molecule has 2 aromatic carbocycles. The van der Waals surface area contributed by atoms with Crippen molar-refractivity contribution in [1.82, 2.24) is 15.5 Å². The normalized spacial score (nSPS) is 12.0. The number of aliphatic hydroxyl groups is 1. The Kier molecular flexibility index (Phi) is 5.25. The van der Waals surface area contributed by atoms with Crippen molar-refractivity contribution in [3.8, 4) is 11.3 Å². The SMILES string of the molecule is O=C(NCC(O)c1cccc(F)c1)c1cc(-c2ccc(Br)cc2)n[nH]1. The Hall–Kier alpha value is -2.51. The van der Waals surface area contributed by atoms with E-state index in [-0.39, 0.29) is 12.2 Å². The Morgan fingerprint density at radius 2 is 2.00 bits per heavy atom. The van der Waals surface area contributed by atoms with Crippen LogP contribution in [0.4, 0.5) is 4.39 Å². The van der Waals surface area contributed by atoms with Gasteiger partial charge in [0.1, 0.15) is 11.5 Å². The van der Waals surface area contributed by atoms with Crippen molar-refractivity contribution < 1.29 is 14.3 Å². The number of benzene rings is 2. The lowest BCUT2D eigenvalue weighted by atomic mass is 10.1. The number of hydrogen-bond acceptors (Lipinski definition) is 3. The molecule has 0 radical (unpaired) electrons. The lowest BCUT2D eigenvalue weighted by Crippen LogP contribution is -2.28. The van der Waals surface area contributed by atoms with E-state index in [9.17, 15) is 14.3 Å². The van der Waals surface area contributed by atoms with Gasteiger partial charge in [-0.15, -0.1) is 0 Å². The zero-order valence-corrected chi connectivity index (χ0v) is 14.6. The summed E-state index contributed by atoms with van der Waals surface area (Å²) in [7, 11) is 0. The van der Waals surface area contributed by atoms with Crippen molar-refractivity contribution >= 4 is 21.8 Å². The Balaban J connectivity index is 1.63. The molecule has 1 amide bonds. The number of aromatic nitrogens is 2. The van der Waals surface area contributed by atoms with Gasteiger partial charge in [0.2, 0.25) is 0 Å². The summed E-state index contributed by atoms with van der Waals surface area (Å²) in [6, 6.07) is 14.8. The van der Waals surface area contributed by atoms with E-state index >= 15 is 0 Å². The van der Waals surface area contributed by atoms with E-state index in [1.807, 2.05) is 24.3 Å². The molecule has 5 nitrogen and oxygen atoms in total. The molecule has 0 saturated carbocycles. The first kappa shape index (κ1) is 17.3. The maximum Gasteiger partial charge on any atom is 0.269 e. The van der Waals surface area contributed by atoms with Gasteiger partial charge in [-0.25, -0.2) is 4.39 Å². The summed E-state index contributed by atoms with van der Waals surface area (Å²) in [5.41, 5.74) is 2.20. The van der Waals surface area contributed by atoms with E-state index < -0.39 is 17.8 Å². The zero-order valence-electron chi connectivity index (χ0n) is 13.0. The van der Waals surface area contributed by atoms with Gasteiger partial charge in [0.15, 0.2) is 0 Å². The number of carbonyl (C=O) groups is 1. The first-order valence-electron chi connectivity index (χ1n) is 7.56. The summed E-state index contributed by atoms with van der Waals surface area (Å²) in [5.74, 6) is -0.832. The summed E-state index contributed by atoms with van der Waals surface area (Å²) < 4.78 is 14.1. The predicted octanol–water partition coefficient (Wildman–Crippen LogP) is 3.44. The Labute approximate surface area is 152 Å². The fraction of sp³-hybridized carbons (Fsp3) is 0.111. The van der Waals surface area contributed by atoms with Crippen molar-refractivity contribution in [2.75, 3.05) is 6.54 Å². The smallest absolute Gasteiger partial charge is 0.269 e. The molecule has 3 N–H and O–H groups in total. The van der Waals surface area contributed by atoms with Gasteiger partial charge in [-0.1, -0.05) is 40.2 Å². The first-order valence-corrected chi connectivity index (χ1v) is 8.35. The van der Waals surface area contributed by atoms with Crippen molar-refractivity contribution in [1.29, 1.82) is 0 Å². The van der Waals surface area contributed by atoms with Crippen LogP contribution in [-0.2, 0) is 0 Å². The molecule has 0 bridgehead atoms. The molecule has 0 spiro atoms. The quantitative estimate of drug-likeness (QED) is 0.610. The van der Waals surface area contributed by atoms with Gasteiger partial charge in [-0.2, -0.15) is 5.10 Å². The largest absolute Gasteiger partial charge is 0.387 e. The van der Waals surface area contributed by atoms with Gasteiger partial charge >= 0.3 is 0 Å². The van der Waals surface area contributed by atoms with Gasteiger partial charge in [0.25, 0.3) is 5.91 Å². The van der Waals surface area contributed by atoms with Crippen LogP contribution in [0.5, 0.6) is 0 Å². The molecule has 0 saturated heterocycles. The minimum atomic E-state index is -0.992. The highest BCUT2D eigenvalue weighted by atomic mass is 79.9. The average Bonchev–Trinajstić information content (AvgIpc) is 3.10. The van der Waals surface area contributed by atoms with Crippen LogP contribution in [0.2, 0.25) is 0 Å². The minimum Gasteiger partial charge on any atom is -0.387 e. The third-order valence-corrected chi connectivity index (χ3v) is 4.18. The molecule has 7 heteroatoms. The van der Waals surface area contributed by atoms with Crippen molar-refractivity contribution in [3.05, 3.63) is 76.1 Å². The van der Waals surface area contributed by atoms with E-state index in [1.54, 1.807) is 12.1 Å². The second-order valence-corrected chi connectivity index (χ2v) is 6.37. The molecule has 0 aliphatic heterocycles. The number of H-pyrrole nitrogens is 1. The third-order valence-electron chi connectivity index (χ3n) is 3.65. The number of aromatic amines is 1. The molecule has 25 heavy (non-hydrogen) atoms. The number of amides is 1. The van der Waals surface area contributed by atoms with E-state index in [2.05, 4.69) is 31.4 Å². The van der Waals surface area contributed by atoms with Crippen LogP contribution in [0.15, 0.2) is 59.1 Å². The second kappa shape index (κ2) is 7.58. The molecule has 1 aromatic heterocycles. The maximum absolute atomic E-state index is 13.2. The van der Waals surface area contributed by atoms with E-state index in [1.165, 1.54) is 18.2 Å². The lowest BCUT2D eigenvalue weighted by molar-refractivity contribution is 0.0911. The van der Waals surface area contributed by atoms with Gasteiger partial charge in [0.05, 0.1) is 11.8 Å². The maximum atomic E-state index is 13.2. The zero-order chi connectivity index (χ0) is 17.8. The molecular formula is C18H15BrFN3O2. The van der Waals surface area contributed by atoms with Crippen LogP contribution in [-0.4, -0.2) is 27.8 Å². The molecule has 1 atom stereocenters. The van der Waals surface area contributed by atoms with E-state index in [0.29, 0.717) is 11.3 Å². The number of hydrogen-bond donors (Lipinski definition) is 3. The Morgan fingerprint density at radius 1 is 1.24 bits per heavy atom. The number of carbonyl (C=O) groups excluding carboxylic acids is 1. The topological polar surface area (TPSA) is 78.0 Å². The fourth-order valence-corrected chi connectivity index (χ4v) is 2.59. The summed E-state index contributed by atoms with van der Waals surface area (Å²) in [5, 5.41) is 19.4. The van der Waals surface area contributed by atoms with Gasteiger partial charge in [-0.3, -0.25) is 9.89 Å².